The van der Waals surface area contributed by atoms with Gasteiger partial charge in [-0.05, 0) is 48.0 Å². The van der Waals surface area contributed by atoms with Crippen molar-refractivity contribution in [2.75, 3.05) is 6.54 Å². The molecule has 2 rings (SSSR count). The molecule has 108 valence electrons. The van der Waals surface area contributed by atoms with Gasteiger partial charge in [0.25, 0.3) is 0 Å². The molecule has 3 nitrogen and oxygen atoms in total. The van der Waals surface area contributed by atoms with E-state index in [1.807, 2.05) is 29.8 Å². The first-order chi connectivity index (χ1) is 9.69. The van der Waals surface area contributed by atoms with Crippen molar-refractivity contribution in [3.63, 3.8) is 0 Å². The molecule has 0 radical (unpaired) electrons. The Morgan fingerprint density at radius 3 is 2.85 bits per heavy atom. The SMILES string of the molecule is CCCNC(c1cccc(Br)c1F)c1ccnn1CC. The number of hydrogen-bond donors (Lipinski definition) is 1. The van der Waals surface area contributed by atoms with Crippen LogP contribution in [0.1, 0.15) is 37.6 Å². The predicted octanol–water partition coefficient (Wildman–Crippen LogP) is 3.89. The number of nitrogens with one attached hydrogen (secondary N) is 1. The van der Waals surface area contributed by atoms with E-state index in [1.165, 1.54) is 0 Å². The summed E-state index contributed by atoms with van der Waals surface area (Å²) in [7, 11) is 0. The molecular weight excluding hydrogens is 321 g/mol. The molecule has 0 saturated carbocycles. The van der Waals surface area contributed by atoms with Gasteiger partial charge in [0.1, 0.15) is 5.82 Å². The number of aromatic nitrogens is 2. The molecule has 5 heteroatoms. The third kappa shape index (κ3) is 3.10. The van der Waals surface area contributed by atoms with Crippen molar-refractivity contribution >= 4 is 15.9 Å². The first-order valence-corrected chi connectivity index (χ1v) is 7.67. The summed E-state index contributed by atoms with van der Waals surface area (Å²) in [6.07, 6.45) is 2.75. The number of benzene rings is 1. The Morgan fingerprint density at radius 1 is 1.35 bits per heavy atom. The average Bonchev–Trinajstić information content (AvgIpc) is 2.92. The van der Waals surface area contributed by atoms with Gasteiger partial charge in [0, 0.05) is 18.3 Å². The zero-order valence-electron chi connectivity index (χ0n) is 11.7. The lowest BCUT2D eigenvalue weighted by Gasteiger charge is -2.21. The molecule has 1 unspecified atom stereocenters. The van der Waals surface area contributed by atoms with Gasteiger partial charge in [0.15, 0.2) is 0 Å². The van der Waals surface area contributed by atoms with Gasteiger partial charge in [-0.25, -0.2) is 4.39 Å². The van der Waals surface area contributed by atoms with E-state index in [-0.39, 0.29) is 11.9 Å². The van der Waals surface area contributed by atoms with Crippen LogP contribution in [0.5, 0.6) is 0 Å². The molecule has 0 fully saturated rings. The molecule has 0 aliphatic heterocycles. The molecular formula is C15H19BrFN3. The maximum absolute atomic E-state index is 14.4. The molecule has 1 N–H and O–H groups in total. The minimum Gasteiger partial charge on any atom is -0.305 e. The monoisotopic (exact) mass is 339 g/mol. The van der Waals surface area contributed by atoms with Crippen molar-refractivity contribution in [3.8, 4) is 0 Å². The van der Waals surface area contributed by atoms with Crippen LogP contribution in [0.4, 0.5) is 4.39 Å². The van der Waals surface area contributed by atoms with Gasteiger partial charge in [-0.15, -0.1) is 0 Å². The van der Waals surface area contributed by atoms with Gasteiger partial charge in [-0.2, -0.15) is 5.10 Å². The predicted molar refractivity (Wildman–Crippen MR) is 82.1 cm³/mol. The topological polar surface area (TPSA) is 29.9 Å². The first-order valence-electron chi connectivity index (χ1n) is 6.88. The Hall–Kier alpha value is -1.20. The third-order valence-electron chi connectivity index (χ3n) is 3.24. The van der Waals surface area contributed by atoms with Crippen LogP contribution in [0.25, 0.3) is 0 Å². The average molecular weight is 340 g/mol. The van der Waals surface area contributed by atoms with Crippen LogP contribution >= 0.6 is 15.9 Å². The van der Waals surface area contributed by atoms with Gasteiger partial charge in [-0.1, -0.05) is 19.1 Å². The summed E-state index contributed by atoms with van der Waals surface area (Å²) in [5.41, 5.74) is 1.63. The molecule has 0 aliphatic carbocycles. The van der Waals surface area contributed by atoms with Crippen molar-refractivity contribution in [2.24, 2.45) is 0 Å². The Kier molecular flexibility index (Phi) is 5.31. The van der Waals surface area contributed by atoms with Crippen molar-refractivity contribution in [1.82, 2.24) is 15.1 Å². The van der Waals surface area contributed by atoms with Crippen LogP contribution in [0.3, 0.4) is 0 Å². The number of aryl methyl sites for hydroxylation is 1. The highest BCUT2D eigenvalue weighted by molar-refractivity contribution is 9.10. The summed E-state index contributed by atoms with van der Waals surface area (Å²) in [4.78, 5) is 0. The van der Waals surface area contributed by atoms with Crippen LogP contribution in [0.15, 0.2) is 34.9 Å². The molecule has 0 aliphatic rings. The second-order valence-corrected chi connectivity index (χ2v) is 5.46. The third-order valence-corrected chi connectivity index (χ3v) is 3.85. The zero-order valence-corrected chi connectivity index (χ0v) is 13.3. The fourth-order valence-electron chi connectivity index (χ4n) is 2.26. The zero-order chi connectivity index (χ0) is 14.5. The van der Waals surface area contributed by atoms with Crippen molar-refractivity contribution < 1.29 is 4.39 Å². The van der Waals surface area contributed by atoms with Crippen molar-refractivity contribution in [1.29, 1.82) is 0 Å². The van der Waals surface area contributed by atoms with Crippen LogP contribution in [0.2, 0.25) is 0 Å². The van der Waals surface area contributed by atoms with Crippen molar-refractivity contribution in [2.45, 2.75) is 32.9 Å². The number of nitrogens with zero attached hydrogens (tertiary/aromatic N) is 2. The molecule has 0 saturated heterocycles. The molecule has 1 atom stereocenters. The molecule has 0 spiro atoms. The van der Waals surface area contributed by atoms with Gasteiger partial charge < -0.3 is 5.32 Å². The lowest BCUT2D eigenvalue weighted by Crippen LogP contribution is -2.26. The molecule has 1 heterocycles. The van der Waals surface area contributed by atoms with E-state index >= 15 is 0 Å². The molecule has 20 heavy (non-hydrogen) atoms. The minimum atomic E-state index is -0.218. The molecule has 1 aromatic heterocycles. The van der Waals surface area contributed by atoms with E-state index < -0.39 is 0 Å². The molecule has 2 aromatic rings. The van der Waals surface area contributed by atoms with Crippen LogP contribution in [-0.4, -0.2) is 16.3 Å². The van der Waals surface area contributed by atoms with Crippen molar-refractivity contribution in [3.05, 3.63) is 52.0 Å². The van der Waals surface area contributed by atoms with E-state index in [1.54, 1.807) is 12.3 Å². The van der Waals surface area contributed by atoms with E-state index in [0.29, 0.717) is 10.0 Å². The quantitative estimate of drug-likeness (QED) is 0.865. The molecule has 0 amide bonds. The Labute approximate surface area is 127 Å². The standard InChI is InChI=1S/C15H19BrFN3/c1-3-9-18-15(13-8-10-19-20(13)4-2)11-6-5-7-12(16)14(11)17/h5-8,10,15,18H,3-4,9H2,1-2H3. The number of rotatable bonds is 6. The van der Waals surface area contributed by atoms with Gasteiger partial charge in [-0.3, -0.25) is 4.68 Å². The van der Waals surface area contributed by atoms with Crippen LogP contribution in [-0.2, 0) is 6.54 Å². The minimum absolute atomic E-state index is 0.185. The first kappa shape index (κ1) is 15.2. The maximum Gasteiger partial charge on any atom is 0.142 e. The lowest BCUT2D eigenvalue weighted by atomic mass is 10.0. The van der Waals surface area contributed by atoms with Crippen LogP contribution in [0, 0.1) is 5.82 Å². The highest BCUT2D eigenvalue weighted by atomic mass is 79.9. The number of hydrogen-bond acceptors (Lipinski definition) is 2. The summed E-state index contributed by atoms with van der Waals surface area (Å²) >= 11 is 3.26. The Balaban J connectivity index is 2.44. The Morgan fingerprint density at radius 2 is 2.15 bits per heavy atom. The fourth-order valence-corrected chi connectivity index (χ4v) is 2.64. The van der Waals surface area contributed by atoms with Gasteiger partial charge in [0.2, 0.25) is 0 Å². The highest BCUT2D eigenvalue weighted by Gasteiger charge is 2.21. The summed E-state index contributed by atoms with van der Waals surface area (Å²) < 4.78 is 16.8. The number of halogens is 2. The van der Waals surface area contributed by atoms with Crippen LogP contribution < -0.4 is 5.32 Å². The maximum atomic E-state index is 14.4. The molecule has 1 aromatic carbocycles. The van der Waals surface area contributed by atoms with E-state index in [9.17, 15) is 4.39 Å². The highest BCUT2D eigenvalue weighted by Crippen LogP contribution is 2.28. The smallest absolute Gasteiger partial charge is 0.142 e. The lowest BCUT2D eigenvalue weighted by molar-refractivity contribution is 0.504. The summed E-state index contributed by atoms with van der Waals surface area (Å²) in [6.45, 7) is 5.72. The summed E-state index contributed by atoms with van der Waals surface area (Å²) in [5.74, 6) is -0.218. The largest absolute Gasteiger partial charge is 0.305 e. The second kappa shape index (κ2) is 6.99. The van der Waals surface area contributed by atoms with Gasteiger partial charge >= 0.3 is 0 Å². The molecule has 0 bridgehead atoms. The summed E-state index contributed by atoms with van der Waals surface area (Å²) in [6, 6.07) is 7.15. The van der Waals surface area contributed by atoms with E-state index in [0.717, 1.165) is 25.2 Å². The fraction of sp³-hybridized carbons (Fsp3) is 0.400. The second-order valence-electron chi connectivity index (χ2n) is 4.60. The van der Waals surface area contributed by atoms with Gasteiger partial charge in [0.05, 0.1) is 16.2 Å². The normalized spacial score (nSPS) is 12.6. The Bertz CT molecular complexity index is 568. The van der Waals surface area contributed by atoms with E-state index in [4.69, 9.17) is 0 Å². The summed E-state index contributed by atoms with van der Waals surface area (Å²) in [5, 5.41) is 7.69. The van der Waals surface area contributed by atoms with E-state index in [2.05, 4.69) is 33.3 Å².